The van der Waals surface area contributed by atoms with Crippen LogP contribution in [-0.2, 0) is 11.3 Å². The highest BCUT2D eigenvalue weighted by atomic mass is 35.5. The van der Waals surface area contributed by atoms with Gasteiger partial charge in [-0.25, -0.2) is 0 Å². The Bertz CT molecular complexity index is 1170. The van der Waals surface area contributed by atoms with Crippen LogP contribution in [0.3, 0.4) is 0 Å². The smallest absolute Gasteiger partial charge is 0.273 e. The topological polar surface area (TPSA) is 110 Å². The molecular weight excluding hydrogens is 446 g/mol. The molecule has 0 spiro atoms. The SMILES string of the molecule is O=c1[nH]c(NCCNC2CCOCC2)ccc1-n1ccc(OCc2ccc(Cl)cn2)cc1=O. The second kappa shape index (κ2) is 11.1. The van der Waals surface area contributed by atoms with Crippen LogP contribution in [0.4, 0.5) is 5.82 Å². The molecule has 4 rings (SSSR count). The van der Waals surface area contributed by atoms with Crippen molar-refractivity contribution in [3.63, 3.8) is 0 Å². The van der Waals surface area contributed by atoms with E-state index in [2.05, 4.69) is 20.6 Å². The van der Waals surface area contributed by atoms with Gasteiger partial charge in [-0.05, 0) is 43.2 Å². The predicted molar refractivity (Wildman–Crippen MR) is 127 cm³/mol. The van der Waals surface area contributed by atoms with Gasteiger partial charge in [-0.15, -0.1) is 0 Å². The minimum atomic E-state index is -0.372. The van der Waals surface area contributed by atoms with Crippen LogP contribution in [0.5, 0.6) is 5.75 Å². The van der Waals surface area contributed by atoms with Gasteiger partial charge in [0.2, 0.25) is 0 Å². The van der Waals surface area contributed by atoms with E-state index in [-0.39, 0.29) is 23.4 Å². The molecule has 1 fully saturated rings. The fraction of sp³-hybridized carbons (Fsp3) is 0.348. The summed E-state index contributed by atoms with van der Waals surface area (Å²) in [7, 11) is 0. The number of nitrogens with zero attached hydrogens (tertiary/aromatic N) is 2. The fourth-order valence-corrected chi connectivity index (χ4v) is 3.64. The van der Waals surface area contributed by atoms with Gasteiger partial charge in [0.25, 0.3) is 11.1 Å². The molecular formula is C23H26ClN5O4. The molecule has 4 heterocycles. The number of halogens is 1. The molecule has 3 N–H and O–H groups in total. The van der Waals surface area contributed by atoms with Crippen molar-refractivity contribution in [2.75, 3.05) is 31.6 Å². The molecule has 1 saturated heterocycles. The van der Waals surface area contributed by atoms with Crippen molar-refractivity contribution >= 4 is 17.4 Å². The van der Waals surface area contributed by atoms with E-state index in [1.165, 1.54) is 23.0 Å². The third-order valence-electron chi connectivity index (χ3n) is 5.31. The Morgan fingerprint density at radius 1 is 1.15 bits per heavy atom. The van der Waals surface area contributed by atoms with Crippen LogP contribution in [-0.4, -0.2) is 46.9 Å². The van der Waals surface area contributed by atoms with Gasteiger partial charge < -0.3 is 25.1 Å². The number of hydrogen-bond donors (Lipinski definition) is 3. The molecule has 0 aromatic carbocycles. The van der Waals surface area contributed by atoms with Gasteiger partial charge in [0, 0.05) is 50.8 Å². The number of nitrogens with one attached hydrogen (secondary N) is 3. The highest BCUT2D eigenvalue weighted by molar-refractivity contribution is 6.30. The van der Waals surface area contributed by atoms with Crippen LogP contribution in [0, 0.1) is 0 Å². The molecule has 0 unspecified atom stereocenters. The summed E-state index contributed by atoms with van der Waals surface area (Å²) < 4.78 is 12.3. The lowest BCUT2D eigenvalue weighted by atomic mass is 10.1. The van der Waals surface area contributed by atoms with E-state index in [1.54, 1.807) is 30.3 Å². The van der Waals surface area contributed by atoms with E-state index in [0.29, 0.717) is 34.9 Å². The highest BCUT2D eigenvalue weighted by Gasteiger charge is 2.12. The summed E-state index contributed by atoms with van der Waals surface area (Å²) in [6.07, 6.45) is 5.08. The van der Waals surface area contributed by atoms with Gasteiger partial charge in [0.05, 0.1) is 10.7 Å². The number of H-pyrrole nitrogens is 1. The largest absolute Gasteiger partial charge is 0.487 e. The van der Waals surface area contributed by atoms with Crippen molar-refractivity contribution in [3.05, 3.63) is 80.2 Å². The maximum absolute atomic E-state index is 12.6. The summed E-state index contributed by atoms with van der Waals surface area (Å²) in [4.78, 5) is 32.1. The zero-order valence-electron chi connectivity index (χ0n) is 18.1. The van der Waals surface area contributed by atoms with E-state index in [1.807, 2.05) is 0 Å². The number of rotatable bonds is 9. The van der Waals surface area contributed by atoms with Crippen molar-refractivity contribution in [2.24, 2.45) is 0 Å². The fourth-order valence-electron chi connectivity index (χ4n) is 3.53. The van der Waals surface area contributed by atoms with Gasteiger partial charge >= 0.3 is 0 Å². The normalized spacial score (nSPS) is 14.2. The second-order valence-corrected chi connectivity index (χ2v) is 8.12. The summed E-state index contributed by atoms with van der Waals surface area (Å²) in [6, 6.07) is 10.3. The Labute approximate surface area is 195 Å². The van der Waals surface area contributed by atoms with E-state index in [4.69, 9.17) is 21.1 Å². The van der Waals surface area contributed by atoms with Crippen LogP contribution >= 0.6 is 11.6 Å². The van der Waals surface area contributed by atoms with Crippen LogP contribution in [0.2, 0.25) is 5.02 Å². The molecule has 0 radical (unpaired) electrons. The van der Waals surface area contributed by atoms with Gasteiger partial charge in [0.15, 0.2) is 0 Å². The van der Waals surface area contributed by atoms with E-state index < -0.39 is 0 Å². The molecule has 174 valence electrons. The maximum Gasteiger partial charge on any atom is 0.273 e. The molecule has 3 aromatic heterocycles. The standard InChI is InChI=1S/C23H26ClN5O4/c24-16-1-2-18(27-14-16)15-33-19-5-10-29(22(30)13-19)20-3-4-21(28-23(20)31)26-9-8-25-17-6-11-32-12-7-17/h1-5,10,13-14,17,25H,6-9,11-12,15H2,(H2,26,28,31). The number of ether oxygens (including phenoxy) is 2. The third kappa shape index (κ3) is 6.44. The first-order chi connectivity index (χ1) is 16.1. The number of aromatic amines is 1. The van der Waals surface area contributed by atoms with E-state index in [9.17, 15) is 9.59 Å². The molecule has 0 atom stereocenters. The third-order valence-corrected chi connectivity index (χ3v) is 5.53. The highest BCUT2D eigenvalue weighted by Crippen LogP contribution is 2.12. The first-order valence-electron chi connectivity index (χ1n) is 10.8. The Morgan fingerprint density at radius 3 is 2.73 bits per heavy atom. The minimum absolute atomic E-state index is 0.199. The van der Waals surface area contributed by atoms with Crippen molar-refractivity contribution in [3.8, 4) is 11.4 Å². The Balaban J connectivity index is 1.33. The average molecular weight is 472 g/mol. The molecule has 10 heteroatoms. The second-order valence-electron chi connectivity index (χ2n) is 7.68. The van der Waals surface area contributed by atoms with Crippen LogP contribution < -0.4 is 26.5 Å². The first-order valence-corrected chi connectivity index (χ1v) is 11.2. The van der Waals surface area contributed by atoms with E-state index in [0.717, 1.165) is 32.6 Å². The molecule has 1 aliphatic heterocycles. The lowest BCUT2D eigenvalue weighted by molar-refractivity contribution is 0.0784. The summed E-state index contributed by atoms with van der Waals surface area (Å²) in [5.41, 5.74) is 0.185. The van der Waals surface area contributed by atoms with Gasteiger partial charge in [-0.1, -0.05) is 11.6 Å². The number of anilines is 1. The van der Waals surface area contributed by atoms with Gasteiger partial charge in [0.1, 0.15) is 23.9 Å². The van der Waals surface area contributed by atoms with Crippen molar-refractivity contribution in [2.45, 2.75) is 25.5 Å². The number of aromatic nitrogens is 3. The van der Waals surface area contributed by atoms with Crippen molar-refractivity contribution in [1.29, 1.82) is 0 Å². The van der Waals surface area contributed by atoms with Gasteiger partial charge in [-0.2, -0.15) is 0 Å². The maximum atomic E-state index is 12.6. The molecule has 0 saturated carbocycles. The molecule has 1 aliphatic rings. The van der Waals surface area contributed by atoms with E-state index >= 15 is 0 Å². The average Bonchev–Trinajstić information content (AvgIpc) is 2.83. The lowest BCUT2D eigenvalue weighted by Gasteiger charge is -2.23. The van der Waals surface area contributed by atoms with Crippen LogP contribution in [0.25, 0.3) is 5.69 Å². The zero-order chi connectivity index (χ0) is 23.0. The summed E-state index contributed by atoms with van der Waals surface area (Å²) >= 11 is 5.82. The lowest BCUT2D eigenvalue weighted by Crippen LogP contribution is -2.37. The quantitative estimate of drug-likeness (QED) is 0.411. The zero-order valence-corrected chi connectivity index (χ0v) is 18.8. The molecule has 33 heavy (non-hydrogen) atoms. The van der Waals surface area contributed by atoms with Crippen molar-refractivity contribution in [1.82, 2.24) is 19.9 Å². The van der Waals surface area contributed by atoms with Crippen LogP contribution in [0.1, 0.15) is 18.5 Å². The molecule has 9 nitrogen and oxygen atoms in total. The van der Waals surface area contributed by atoms with Crippen LogP contribution in [0.15, 0.2) is 58.4 Å². The number of hydrogen-bond acceptors (Lipinski definition) is 7. The first kappa shape index (κ1) is 23.0. The van der Waals surface area contributed by atoms with Gasteiger partial charge in [-0.3, -0.25) is 19.1 Å². The molecule has 0 amide bonds. The molecule has 0 bridgehead atoms. The molecule has 0 aliphatic carbocycles. The predicted octanol–water partition coefficient (Wildman–Crippen LogP) is 2.33. The number of pyridine rings is 3. The van der Waals surface area contributed by atoms with Crippen molar-refractivity contribution < 1.29 is 9.47 Å². The Morgan fingerprint density at radius 2 is 2.00 bits per heavy atom. The summed E-state index contributed by atoms with van der Waals surface area (Å²) in [5.74, 6) is 0.987. The monoisotopic (exact) mass is 471 g/mol. The Kier molecular flexibility index (Phi) is 7.77. The Hall–Kier alpha value is -3.14. The summed E-state index contributed by atoms with van der Waals surface area (Å²) in [6.45, 7) is 3.24. The molecule has 3 aromatic rings. The summed E-state index contributed by atoms with van der Waals surface area (Å²) in [5, 5.41) is 7.21. The minimum Gasteiger partial charge on any atom is -0.487 e.